The van der Waals surface area contributed by atoms with E-state index in [4.69, 9.17) is 0 Å². The number of amides is 3. The summed E-state index contributed by atoms with van der Waals surface area (Å²) in [4.78, 5) is 23.7. The van der Waals surface area contributed by atoms with Gasteiger partial charge in [-0.3, -0.25) is 4.79 Å². The maximum absolute atomic E-state index is 12.9. The van der Waals surface area contributed by atoms with Crippen LogP contribution in [0.4, 0.5) is 23.7 Å². The summed E-state index contributed by atoms with van der Waals surface area (Å²) in [5.74, 6) is -0.414. The Morgan fingerprint density at radius 1 is 1.07 bits per heavy atom. The van der Waals surface area contributed by atoms with Gasteiger partial charge in [0.25, 0.3) is 0 Å². The molecule has 0 spiro atoms. The fourth-order valence-corrected chi connectivity index (χ4v) is 2.99. The molecule has 5 nitrogen and oxygen atoms in total. The second-order valence-corrected chi connectivity index (χ2v) is 6.94. The maximum Gasteiger partial charge on any atom is 0.416 e. The fourth-order valence-electron chi connectivity index (χ4n) is 2.51. The number of hydrogen-bond donors (Lipinski definition) is 3. The third-order valence-electron chi connectivity index (χ3n) is 3.87. The minimum absolute atomic E-state index is 0.00632. The lowest BCUT2D eigenvalue weighted by Gasteiger charge is -2.13. The third kappa shape index (κ3) is 6.56. The smallest absolute Gasteiger partial charge is 0.338 e. The van der Waals surface area contributed by atoms with E-state index in [1.165, 1.54) is 18.2 Å². The Kier molecular flexibility index (Phi) is 7.45. The van der Waals surface area contributed by atoms with Crippen LogP contribution in [0.3, 0.4) is 0 Å². The summed E-state index contributed by atoms with van der Waals surface area (Å²) in [6, 6.07) is 9.93. The topological polar surface area (TPSA) is 70.2 Å². The van der Waals surface area contributed by atoms with E-state index < -0.39 is 23.7 Å². The lowest BCUT2D eigenvalue weighted by atomic mass is 10.0. The quantitative estimate of drug-likeness (QED) is 0.606. The highest BCUT2D eigenvalue weighted by Gasteiger charge is 2.32. The number of urea groups is 1. The van der Waals surface area contributed by atoms with Crippen molar-refractivity contribution in [2.75, 3.05) is 18.4 Å². The number of carbonyl (C=O) groups is 2. The molecule has 0 fully saturated rings. The molecule has 0 saturated heterocycles. The van der Waals surface area contributed by atoms with Gasteiger partial charge in [-0.1, -0.05) is 34.1 Å². The Morgan fingerprint density at radius 3 is 2.46 bits per heavy atom. The van der Waals surface area contributed by atoms with E-state index in [2.05, 4.69) is 31.9 Å². The van der Waals surface area contributed by atoms with Crippen molar-refractivity contribution in [2.24, 2.45) is 0 Å². The van der Waals surface area contributed by atoms with Gasteiger partial charge in [0.1, 0.15) is 0 Å². The van der Waals surface area contributed by atoms with E-state index in [1.807, 2.05) is 13.0 Å². The van der Waals surface area contributed by atoms with Crippen molar-refractivity contribution in [3.05, 3.63) is 63.6 Å². The van der Waals surface area contributed by atoms with Crippen molar-refractivity contribution in [1.82, 2.24) is 10.6 Å². The average molecular weight is 458 g/mol. The molecule has 2 aromatic carbocycles. The first kappa shape index (κ1) is 21.7. The molecule has 0 aliphatic heterocycles. The minimum atomic E-state index is -4.44. The van der Waals surface area contributed by atoms with Crippen LogP contribution in [-0.2, 0) is 17.4 Å². The van der Waals surface area contributed by atoms with Crippen molar-refractivity contribution in [3.8, 4) is 0 Å². The minimum Gasteiger partial charge on any atom is -0.338 e. The summed E-state index contributed by atoms with van der Waals surface area (Å²) in [5.41, 5.74) is 0.856. The lowest BCUT2D eigenvalue weighted by molar-refractivity contribution is -0.138. The molecule has 2 rings (SSSR count). The van der Waals surface area contributed by atoms with Gasteiger partial charge >= 0.3 is 12.2 Å². The molecule has 9 heteroatoms. The number of benzene rings is 2. The van der Waals surface area contributed by atoms with Crippen molar-refractivity contribution in [2.45, 2.75) is 19.5 Å². The van der Waals surface area contributed by atoms with E-state index in [0.29, 0.717) is 5.69 Å². The van der Waals surface area contributed by atoms with Crippen LogP contribution in [0.25, 0.3) is 0 Å². The van der Waals surface area contributed by atoms with E-state index >= 15 is 0 Å². The molecule has 3 amide bonds. The van der Waals surface area contributed by atoms with Gasteiger partial charge in [-0.2, -0.15) is 13.2 Å². The maximum atomic E-state index is 12.9. The molecule has 0 saturated carbocycles. The number of alkyl halides is 3. The molecule has 28 heavy (non-hydrogen) atoms. The first-order valence-corrected chi connectivity index (χ1v) is 9.19. The van der Waals surface area contributed by atoms with E-state index in [1.54, 1.807) is 12.1 Å². The first-order valence-electron chi connectivity index (χ1n) is 8.39. The standard InChI is InChI=1S/C19H19BrF3N3O2/c1-12-10-14(20)6-7-16(12)26-17(27)11-25-18(28)24-9-8-13-4-2-3-5-15(13)19(21,22)23/h2-7,10H,8-9,11H2,1H3,(H,26,27)(H2,24,25,28). The van der Waals surface area contributed by atoms with Crippen LogP contribution in [0.15, 0.2) is 46.9 Å². The molecule has 0 atom stereocenters. The van der Waals surface area contributed by atoms with Gasteiger partial charge in [0, 0.05) is 16.7 Å². The van der Waals surface area contributed by atoms with Crippen LogP contribution in [0.1, 0.15) is 16.7 Å². The zero-order valence-electron chi connectivity index (χ0n) is 15.0. The normalized spacial score (nSPS) is 11.0. The molecule has 2 aromatic rings. The predicted octanol–water partition coefficient (Wildman–Crippen LogP) is 4.26. The molecule has 0 aliphatic carbocycles. The highest BCUT2D eigenvalue weighted by Crippen LogP contribution is 2.31. The van der Waals surface area contributed by atoms with Crippen molar-refractivity contribution < 1.29 is 22.8 Å². The second-order valence-electron chi connectivity index (χ2n) is 6.02. The Hall–Kier alpha value is -2.55. The summed E-state index contributed by atoms with van der Waals surface area (Å²) in [7, 11) is 0. The van der Waals surface area contributed by atoms with E-state index in [-0.39, 0.29) is 25.1 Å². The molecule has 0 aliphatic rings. The summed E-state index contributed by atoms with van der Waals surface area (Å²) in [5, 5.41) is 7.49. The Morgan fingerprint density at radius 2 is 1.79 bits per heavy atom. The monoisotopic (exact) mass is 457 g/mol. The molecule has 0 aromatic heterocycles. The molecule has 0 bridgehead atoms. The van der Waals surface area contributed by atoms with Crippen molar-refractivity contribution in [1.29, 1.82) is 0 Å². The summed E-state index contributed by atoms with van der Waals surface area (Å²) < 4.78 is 39.7. The van der Waals surface area contributed by atoms with Crippen molar-refractivity contribution >= 4 is 33.6 Å². The zero-order valence-corrected chi connectivity index (χ0v) is 16.6. The molecule has 150 valence electrons. The Bertz CT molecular complexity index is 857. The van der Waals surface area contributed by atoms with Gasteiger partial charge in [-0.05, 0) is 48.7 Å². The molecular formula is C19H19BrF3N3O2. The van der Waals surface area contributed by atoms with Gasteiger partial charge in [-0.15, -0.1) is 0 Å². The van der Waals surface area contributed by atoms with Crippen LogP contribution in [0, 0.1) is 6.92 Å². The lowest BCUT2D eigenvalue weighted by Crippen LogP contribution is -2.40. The Labute approximate surface area is 168 Å². The summed E-state index contributed by atoms with van der Waals surface area (Å²) >= 11 is 3.33. The number of nitrogens with one attached hydrogen (secondary N) is 3. The SMILES string of the molecule is Cc1cc(Br)ccc1NC(=O)CNC(=O)NCCc1ccccc1C(F)(F)F. The number of carbonyl (C=O) groups excluding carboxylic acids is 2. The van der Waals surface area contributed by atoms with Gasteiger partial charge < -0.3 is 16.0 Å². The predicted molar refractivity (Wildman–Crippen MR) is 104 cm³/mol. The number of hydrogen-bond acceptors (Lipinski definition) is 2. The highest BCUT2D eigenvalue weighted by molar-refractivity contribution is 9.10. The van der Waals surface area contributed by atoms with Gasteiger partial charge in [-0.25, -0.2) is 4.79 Å². The van der Waals surface area contributed by atoms with Crippen LogP contribution >= 0.6 is 15.9 Å². The van der Waals surface area contributed by atoms with Crippen molar-refractivity contribution in [3.63, 3.8) is 0 Å². The number of aryl methyl sites for hydroxylation is 1. The number of rotatable bonds is 6. The third-order valence-corrected chi connectivity index (χ3v) is 4.37. The molecular weight excluding hydrogens is 439 g/mol. The highest BCUT2D eigenvalue weighted by atomic mass is 79.9. The molecule has 0 radical (unpaired) electrons. The summed E-state index contributed by atoms with van der Waals surface area (Å²) in [6.07, 6.45) is -4.42. The van der Waals surface area contributed by atoms with E-state index in [0.717, 1.165) is 16.1 Å². The molecule has 3 N–H and O–H groups in total. The Balaban J connectivity index is 1.77. The van der Waals surface area contributed by atoms with Crippen LogP contribution in [0.2, 0.25) is 0 Å². The van der Waals surface area contributed by atoms with E-state index in [9.17, 15) is 22.8 Å². The number of halogens is 4. The molecule has 0 unspecified atom stereocenters. The first-order chi connectivity index (χ1) is 13.2. The second kappa shape index (κ2) is 9.59. The largest absolute Gasteiger partial charge is 0.416 e. The van der Waals surface area contributed by atoms with Crippen LogP contribution in [0.5, 0.6) is 0 Å². The molecule has 0 heterocycles. The number of anilines is 1. The average Bonchev–Trinajstić information content (AvgIpc) is 2.62. The van der Waals surface area contributed by atoms with Gasteiger partial charge in [0.2, 0.25) is 5.91 Å². The van der Waals surface area contributed by atoms with Gasteiger partial charge in [0.05, 0.1) is 12.1 Å². The van der Waals surface area contributed by atoms with Crippen LogP contribution in [-0.4, -0.2) is 25.0 Å². The zero-order chi connectivity index (χ0) is 20.7. The van der Waals surface area contributed by atoms with Gasteiger partial charge in [0.15, 0.2) is 0 Å². The van der Waals surface area contributed by atoms with Crippen LogP contribution < -0.4 is 16.0 Å². The fraction of sp³-hybridized carbons (Fsp3) is 0.263. The summed E-state index contributed by atoms with van der Waals surface area (Å²) in [6.45, 7) is 1.58.